The molecule has 1 fully saturated rings. The smallest absolute Gasteiger partial charge is 0.203 e. The van der Waals surface area contributed by atoms with E-state index in [0.717, 1.165) is 18.9 Å². The predicted octanol–water partition coefficient (Wildman–Crippen LogP) is 1.91. The minimum Gasteiger partial charge on any atom is -0.338 e. The largest absolute Gasteiger partial charge is 0.338 e. The first-order chi connectivity index (χ1) is 6.81. The highest BCUT2D eigenvalue weighted by molar-refractivity contribution is 7.99. The van der Waals surface area contributed by atoms with Crippen molar-refractivity contribution in [2.75, 3.05) is 23.0 Å². The van der Waals surface area contributed by atoms with E-state index in [1.54, 1.807) is 0 Å². The Morgan fingerprint density at radius 3 is 3.21 bits per heavy atom. The molecule has 1 unspecified atom stereocenters. The lowest BCUT2D eigenvalue weighted by Gasteiger charge is -2.32. The number of hydrogen-bond donors (Lipinski definition) is 1. The molecule has 4 heteroatoms. The zero-order valence-electron chi connectivity index (χ0n) is 8.79. The second-order valence-corrected chi connectivity index (χ2v) is 4.85. The summed E-state index contributed by atoms with van der Waals surface area (Å²) >= 11 is 2.03. The van der Waals surface area contributed by atoms with E-state index in [0.29, 0.717) is 6.04 Å². The topological polar surface area (TPSA) is 31.9 Å². The van der Waals surface area contributed by atoms with Gasteiger partial charge in [0, 0.05) is 29.8 Å². The first-order valence-corrected chi connectivity index (χ1v) is 6.35. The molecule has 1 aromatic rings. The van der Waals surface area contributed by atoms with Gasteiger partial charge >= 0.3 is 0 Å². The van der Waals surface area contributed by atoms with Gasteiger partial charge in [-0.25, -0.2) is 4.98 Å². The Kier molecular flexibility index (Phi) is 3.01. The first-order valence-electron chi connectivity index (χ1n) is 5.19. The van der Waals surface area contributed by atoms with Crippen LogP contribution in [0.25, 0.3) is 0 Å². The summed E-state index contributed by atoms with van der Waals surface area (Å²) in [6, 6.07) is 0.601. The average molecular weight is 211 g/mol. The molecule has 1 N–H and O–H groups in total. The third-order valence-electron chi connectivity index (χ3n) is 2.64. The Labute approximate surface area is 89.3 Å². The molecule has 2 heterocycles. The highest BCUT2D eigenvalue weighted by Gasteiger charge is 2.20. The number of aryl methyl sites for hydroxylation is 1. The van der Waals surface area contributed by atoms with Crippen LogP contribution in [0.2, 0.25) is 0 Å². The lowest BCUT2D eigenvalue weighted by molar-refractivity contribution is 0.681. The fourth-order valence-electron chi connectivity index (χ4n) is 1.71. The molecule has 0 saturated carbocycles. The van der Waals surface area contributed by atoms with Crippen molar-refractivity contribution in [1.82, 2.24) is 9.97 Å². The molecular formula is C10H17N3S. The number of imidazole rings is 1. The van der Waals surface area contributed by atoms with Crippen molar-refractivity contribution in [3.8, 4) is 0 Å². The van der Waals surface area contributed by atoms with Crippen LogP contribution in [-0.4, -0.2) is 34.1 Å². The van der Waals surface area contributed by atoms with Crippen molar-refractivity contribution in [2.24, 2.45) is 0 Å². The standard InChI is InChI=1S/C10H17N3S/c1-3-9-6-11-10(12-9)13-4-5-14-7-8(13)2/h6,8H,3-5,7H2,1-2H3,(H,11,12). The number of aromatic amines is 1. The van der Waals surface area contributed by atoms with Crippen LogP contribution in [0.15, 0.2) is 6.20 Å². The van der Waals surface area contributed by atoms with Crippen molar-refractivity contribution in [3.05, 3.63) is 11.9 Å². The van der Waals surface area contributed by atoms with Crippen molar-refractivity contribution >= 4 is 17.7 Å². The van der Waals surface area contributed by atoms with Crippen LogP contribution in [0.4, 0.5) is 5.95 Å². The van der Waals surface area contributed by atoms with E-state index < -0.39 is 0 Å². The third kappa shape index (κ3) is 1.90. The summed E-state index contributed by atoms with van der Waals surface area (Å²) in [6.07, 6.45) is 2.98. The molecule has 14 heavy (non-hydrogen) atoms. The van der Waals surface area contributed by atoms with Crippen molar-refractivity contribution in [1.29, 1.82) is 0 Å². The van der Waals surface area contributed by atoms with E-state index in [9.17, 15) is 0 Å². The SMILES string of the molecule is CCc1cnc(N2CCSCC2C)[nH]1. The van der Waals surface area contributed by atoms with Gasteiger partial charge in [-0.1, -0.05) is 6.92 Å². The highest BCUT2D eigenvalue weighted by atomic mass is 32.2. The van der Waals surface area contributed by atoms with E-state index in [4.69, 9.17) is 0 Å². The number of H-pyrrole nitrogens is 1. The number of rotatable bonds is 2. The molecule has 0 aliphatic carbocycles. The zero-order chi connectivity index (χ0) is 9.97. The normalized spacial score (nSPS) is 22.7. The van der Waals surface area contributed by atoms with Gasteiger partial charge < -0.3 is 9.88 Å². The maximum Gasteiger partial charge on any atom is 0.203 e. The number of nitrogens with one attached hydrogen (secondary N) is 1. The molecule has 2 rings (SSSR count). The number of aromatic nitrogens is 2. The van der Waals surface area contributed by atoms with Crippen LogP contribution in [0.3, 0.4) is 0 Å². The van der Waals surface area contributed by atoms with Crippen LogP contribution >= 0.6 is 11.8 Å². The molecule has 1 saturated heterocycles. The van der Waals surface area contributed by atoms with E-state index in [1.807, 2.05) is 18.0 Å². The van der Waals surface area contributed by atoms with E-state index in [-0.39, 0.29) is 0 Å². The van der Waals surface area contributed by atoms with Gasteiger partial charge in [-0.3, -0.25) is 0 Å². The molecule has 1 aliphatic heterocycles. The molecule has 0 spiro atoms. The molecule has 3 nitrogen and oxygen atoms in total. The van der Waals surface area contributed by atoms with Gasteiger partial charge in [-0.05, 0) is 13.3 Å². The van der Waals surface area contributed by atoms with Gasteiger partial charge in [-0.15, -0.1) is 0 Å². The molecule has 0 bridgehead atoms. The Hall–Kier alpha value is -0.640. The fourth-order valence-corrected chi connectivity index (χ4v) is 2.73. The minimum absolute atomic E-state index is 0.601. The maximum absolute atomic E-state index is 4.42. The Balaban J connectivity index is 2.12. The molecule has 1 atom stereocenters. The van der Waals surface area contributed by atoms with Crippen molar-refractivity contribution in [2.45, 2.75) is 26.3 Å². The molecule has 0 amide bonds. The van der Waals surface area contributed by atoms with Crippen LogP contribution in [-0.2, 0) is 6.42 Å². The van der Waals surface area contributed by atoms with Crippen LogP contribution < -0.4 is 4.90 Å². The van der Waals surface area contributed by atoms with Gasteiger partial charge in [0.1, 0.15) is 0 Å². The molecule has 1 aliphatic rings. The lowest BCUT2D eigenvalue weighted by atomic mass is 10.3. The van der Waals surface area contributed by atoms with Gasteiger partial charge in [0.15, 0.2) is 0 Å². The summed E-state index contributed by atoms with van der Waals surface area (Å²) in [5.41, 5.74) is 1.23. The molecule has 0 radical (unpaired) electrons. The number of hydrogen-bond acceptors (Lipinski definition) is 3. The Morgan fingerprint density at radius 2 is 2.57 bits per heavy atom. The van der Waals surface area contributed by atoms with Gasteiger partial charge in [0.2, 0.25) is 5.95 Å². The molecule has 1 aromatic heterocycles. The molecule has 0 aromatic carbocycles. The number of anilines is 1. The van der Waals surface area contributed by atoms with Crippen LogP contribution in [0.1, 0.15) is 19.5 Å². The lowest BCUT2D eigenvalue weighted by Crippen LogP contribution is -2.41. The van der Waals surface area contributed by atoms with E-state index in [1.165, 1.54) is 17.2 Å². The Morgan fingerprint density at radius 1 is 1.71 bits per heavy atom. The zero-order valence-corrected chi connectivity index (χ0v) is 9.60. The van der Waals surface area contributed by atoms with E-state index in [2.05, 4.69) is 28.7 Å². The van der Waals surface area contributed by atoms with Crippen molar-refractivity contribution in [3.63, 3.8) is 0 Å². The summed E-state index contributed by atoms with van der Waals surface area (Å²) in [5, 5.41) is 0. The molecular weight excluding hydrogens is 194 g/mol. The van der Waals surface area contributed by atoms with Gasteiger partial charge in [0.05, 0.1) is 6.20 Å². The first kappa shape index (κ1) is 9.90. The summed E-state index contributed by atoms with van der Waals surface area (Å²) in [5.74, 6) is 3.48. The minimum atomic E-state index is 0.601. The number of thioether (sulfide) groups is 1. The van der Waals surface area contributed by atoms with Crippen molar-refractivity contribution < 1.29 is 0 Å². The number of nitrogens with zero attached hydrogens (tertiary/aromatic N) is 2. The summed E-state index contributed by atoms with van der Waals surface area (Å²) < 4.78 is 0. The van der Waals surface area contributed by atoms with Gasteiger partial charge in [0.25, 0.3) is 0 Å². The van der Waals surface area contributed by atoms with Gasteiger partial charge in [-0.2, -0.15) is 11.8 Å². The third-order valence-corrected chi connectivity index (χ3v) is 3.82. The Bertz CT molecular complexity index is 297. The quantitative estimate of drug-likeness (QED) is 0.811. The summed E-state index contributed by atoms with van der Waals surface area (Å²) in [6.45, 7) is 5.52. The highest BCUT2D eigenvalue weighted by Crippen LogP contribution is 2.21. The summed E-state index contributed by atoms with van der Waals surface area (Å²) in [4.78, 5) is 10.2. The predicted molar refractivity (Wildman–Crippen MR) is 62.1 cm³/mol. The monoisotopic (exact) mass is 211 g/mol. The van der Waals surface area contributed by atoms with Crippen LogP contribution in [0.5, 0.6) is 0 Å². The summed E-state index contributed by atoms with van der Waals surface area (Å²) in [7, 11) is 0. The second kappa shape index (κ2) is 4.26. The fraction of sp³-hybridized carbons (Fsp3) is 0.700. The maximum atomic E-state index is 4.42. The molecule has 78 valence electrons. The second-order valence-electron chi connectivity index (χ2n) is 3.70. The average Bonchev–Trinajstić information content (AvgIpc) is 2.67. The van der Waals surface area contributed by atoms with E-state index >= 15 is 0 Å². The van der Waals surface area contributed by atoms with Crippen LogP contribution in [0, 0.1) is 0 Å².